The second-order valence-corrected chi connectivity index (χ2v) is 4.56. The van der Waals surface area contributed by atoms with Crippen molar-refractivity contribution in [3.8, 4) is 0 Å². The van der Waals surface area contributed by atoms with Crippen molar-refractivity contribution in [2.45, 2.75) is 13.1 Å². The van der Waals surface area contributed by atoms with Crippen LogP contribution in [0, 0.1) is 6.92 Å². The first kappa shape index (κ1) is 14.5. The molecule has 104 valence electrons. The van der Waals surface area contributed by atoms with Gasteiger partial charge in [-0.15, -0.1) is 0 Å². The predicted molar refractivity (Wildman–Crippen MR) is 68.9 cm³/mol. The van der Waals surface area contributed by atoms with E-state index in [-0.39, 0.29) is 10.6 Å². The molecule has 0 fully saturated rings. The van der Waals surface area contributed by atoms with Gasteiger partial charge >= 0.3 is 6.18 Å². The van der Waals surface area contributed by atoms with Crippen LogP contribution in [0.5, 0.6) is 0 Å². The number of hydrogen-bond donors (Lipinski definition) is 0. The molecule has 0 aliphatic heterocycles. The van der Waals surface area contributed by atoms with Gasteiger partial charge in [0.1, 0.15) is 0 Å². The maximum atomic E-state index is 12.9. The van der Waals surface area contributed by atoms with E-state index in [1.54, 1.807) is 19.1 Å². The van der Waals surface area contributed by atoms with E-state index in [1.165, 1.54) is 6.07 Å². The molecule has 2 rings (SSSR count). The minimum atomic E-state index is -4.62. The van der Waals surface area contributed by atoms with Gasteiger partial charge in [-0.05, 0) is 24.6 Å². The van der Waals surface area contributed by atoms with Gasteiger partial charge in [-0.25, -0.2) is 0 Å². The van der Waals surface area contributed by atoms with E-state index >= 15 is 0 Å². The Morgan fingerprint density at radius 2 is 1.90 bits per heavy atom. The van der Waals surface area contributed by atoms with E-state index in [4.69, 9.17) is 11.6 Å². The molecule has 20 heavy (non-hydrogen) atoms. The lowest BCUT2D eigenvalue weighted by atomic mass is 9.99. The average Bonchev–Trinajstić information content (AvgIpc) is 2.40. The maximum Gasteiger partial charge on any atom is 0.417 e. The monoisotopic (exact) mass is 299 g/mol. The summed E-state index contributed by atoms with van der Waals surface area (Å²) in [6.07, 6.45) is -2.72. The number of benzene rings is 1. The van der Waals surface area contributed by atoms with Crippen LogP contribution >= 0.6 is 11.6 Å². The topological polar surface area (TPSA) is 30.0 Å². The summed E-state index contributed by atoms with van der Waals surface area (Å²) < 4.78 is 38.7. The number of aromatic nitrogens is 1. The molecule has 2 aromatic rings. The number of nitrogens with zero attached hydrogens (tertiary/aromatic N) is 1. The van der Waals surface area contributed by atoms with Gasteiger partial charge in [0.15, 0.2) is 5.78 Å². The normalized spacial score (nSPS) is 11.4. The number of carbonyl (C=O) groups is 1. The summed E-state index contributed by atoms with van der Waals surface area (Å²) in [5.74, 6) is -0.792. The highest BCUT2D eigenvalue weighted by molar-refractivity contribution is 6.35. The number of pyridine rings is 1. The van der Waals surface area contributed by atoms with E-state index in [0.29, 0.717) is 5.56 Å². The molecule has 0 aliphatic rings. The Morgan fingerprint density at radius 3 is 2.55 bits per heavy atom. The van der Waals surface area contributed by atoms with Crippen LogP contribution in [-0.2, 0) is 6.18 Å². The first-order valence-corrected chi connectivity index (χ1v) is 6.01. The number of rotatable bonds is 2. The lowest BCUT2D eigenvalue weighted by molar-refractivity contribution is -0.137. The number of ketones is 1. The first-order chi connectivity index (χ1) is 9.32. The van der Waals surface area contributed by atoms with E-state index in [0.717, 1.165) is 18.5 Å². The van der Waals surface area contributed by atoms with Gasteiger partial charge in [0.25, 0.3) is 0 Å². The molecule has 6 heteroatoms. The summed E-state index contributed by atoms with van der Waals surface area (Å²) in [5, 5.41) is 0.148. The second-order valence-electron chi connectivity index (χ2n) is 4.18. The summed E-state index contributed by atoms with van der Waals surface area (Å²) in [6, 6.07) is 5.41. The molecule has 0 bridgehead atoms. The van der Waals surface area contributed by atoms with Gasteiger partial charge in [0.2, 0.25) is 0 Å². The minimum absolute atomic E-state index is 0.0326. The second kappa shape index (κ2) is 5.25. The third kappa shape index (κ3) is 2.67. The maximum absolute atomic E-state index is 12.9. The fourth-order valence-electron chi connectivity index (χ4n) is 1.79. The molecule has 0 unspecified atom stereocenters. The summed E-state index contributed by atoms with van der Waals surface area (Å²) in [6.45, 7) is 1.67. The molecule has 0 N–H and O–H groups in total. The Morgan fingerprint density at radius 1 is 1.20 bits per heavy atom. The molecule has 1 heterocycles. The van der Waals surface area contributed by atoms with Crippen LogP contribution in [-0.4, -0.2) is 10.8 Å². The first-order valence-electron chi connectivity index (χ1n) is 5.63. The number of hydrogen-bond acceptors (Lipinski definition) is 2. The Hall–Kier alpha value is -1.88. The summed E-state index contributed by atoms with van der Waals surface area (Å²) in [7, 11) is 0. The van der Waals surface area contributed by atoms with E-state index < -0.39 is 23.1 Å². The number of halogens is 4. The molecule has 0 amide bonds. The summed E-state index contributed by atoms with van der Waals surface area (Å²) in [4.78, 5) is 15.9. The van der Waals surface area contributed by atoms with Gasteiger partial charge in [-0.1, -0.05) is 23.7 Å². The van der Waals surface area contributed by atoms with Crippen molar-refractivity contribution in [1.29, 1.82) is 0 Å². The molecule has 0 spiro atoms. The zero-order valence-corrected chi connectivity index (χ0v) is 11.1. The molecule has 0 aliphatic carbocycles. The van der Waals surface area contributed by atoms with Gasteiger partial charge in [0.05, 0.1) is 16.1 Å². The Bertz CT molecular complexity index is 668. The zero-order valence-electron chi connectivity index (χ0n) is 10.3. The van der Waals surface area contributed by atoms with Gasteiger partial charge in [-0.3, -0.25) is 9.78 Å². The van der Waals surface area contributed by atoms with Crippen molar-refractivity contribution in [2.75, 3.05) is 0 Å². The molecular formula is C14H9ClF3NO. The van der Waals surface area contributed by atoms with Gasteiger partial charge in [0, 0.05) is 18.0 Å². The van der Waals surface area contributed by atoms with Crippen LogP contribution in [0.25, 0.3) is 0 Å². The fourth-order valence-corrected chi connectivity index (χ4v) is 2.00. The molecule has 0 saturated carbocycles. The van der Waals surface area contributed by atoms with Crippen LogP contribution in [0.2, 0.25) is 5.02 Å². The Balaban J connectivity index is 2.58. The van der Waals surface area contributed by atoms with Crippen molar-refractivity contribution >= 4 is 17.4 Å². The summed E-state index contributed by atoms with van der Waals surface area (Å²) in [5.41, 5.74) is -0.872. The lowest BCUT2D eigenvalue weighted by Crippen LogP contribution is -2.14. The largest absolute Gasteiger partial charge is 0.417 e. The van der Waals surface area contributed by atoms with E-state index in [9.17, 15) is 18.0 Å². The predicted octanol–water partition coefficient (Wildman–Crippen LogP) is 4.29. The number of alkyl halides is 3. The Kier molecular flexibility index (Phi) is 3.81. The zero-order chi connectivity index (χ0) is 14.9. The van der Waals surface area contributed by atoms with Gasteiger partial charge in [-0.2, -0.15) is 13.2 Å². The van der Waals surface area contributed by atoms with Crippen molar-refractivity contribution < 1.29 is 18.0 Å². The molecule has 0 atom stereocenters. The van der Waals surface area contributed by atoms with Crippen LogP contribution in [0.1, 0.15) is 27.0 Å². The molecule has 0 radical (unpaired) electrons. The van der Waals surface area contributed by atoms with Crippen molar-refractivity contribution in [2.24, 2.45) is 0 Å². The third-order valence-electron chi connectivity index (χ3n) is 2.81. The lowest BCUT2D eigenvalue weighted by Gasteiger charge is -2.12. The minimum Gasteiger partial charge on any atom is -0.288 e. The standard InChI is InChI=1S/C14H9ClF3NO/c1-8-3-2-4-9(12(8)15)13(20)10-7-19-6-5-11(10)14(16,17)18/h2-7H,1H3. The third-order valence-corrected chi connectivity index (χ3v) is 3.31. The number of aryl methyl sites for hydroxylation is 1. The van der Waals surface area contributed by atoms with Crippen LogP contribution in [0.3, 0.4) is 0 Å². The highest BCUT2D eigenvalue weighted by atomic mass is 35.5. The summed E-state index contributed by atoms with van der Waals surface area (Å²) >= 11 is 5.98. The SMILES string of the molecule is Cc1cccc(C(=O)c2cnccc2C(F)(F)F)c1Cl. The van der Waals surface area contributed by atoms with Crippen molar-refractivity contribution in [3.63, 3.8) is 0 Å². The Labute approximate surface area is 118 Å². The van der Waals surface area contributed by atoms with E-state index in [1.807, 2.05) is 0 Å². The molecule has 1 aromatic heterocycles. The fraction of sp³-hybridized carbons (Fsp3) is 0.143. The molecule has 0 saturated heterocycles. The van der Waals surface area contributed by atoms with Crippen LogP contribution in [0.15, 0.2) is 36.7 Å². The van der Waals surface area contributed by atoms with Crippen LogP contribution in [0.4, 0.5) is 13.2 Å². The molecule has 2 nitrogen and oxygen atoms in total. The van der Waals surface area contributed by atoms with E-state index in [2.05, 4.69) is 4.98 Å². The van der Waals surface area contributed by atoms with Gasteiger partial charge < -0.3 is 0 Å². The number of carbonyl (C=O) groups excluding carboxylic acids is 1. The highest BCUT2D eigenvalue weighted by Crippen LogP contribution is 2.33. The average molecular weight is 300 g/mol. The molecule has 1 aromatic carbocycles. The molecular weight excluding hydrogens is 291 g/mol. The van der Waals surface area contributed by atoms with Crippen LogP contribution < -0.4 is 0 Å². The van der Waals surface area contributed by atoms with Crippen molar-refractivity contribution in [1.82, 2.24) is 4.98 Å². The smallest absolute Gasteiger partial charge is 0.288 e. The highest BCUT2D eigenvalue weighted by Gasteiger charge is 2.35. The van der Waals surface area contributed by atoms with Crippen molar-refractivity contribution in [3.05, 3.63) is 63.9 Å². The quantitative estimate of drug-likeness (QED) is 0.774.